The van der Waals surface area contributed by atoms with Crippen molar-refractivity contribution in [3.8, 4) is 22.4 Å². The molecule has 0 atom stereocenters. The Morgan fingerprint density at radius 2 is 1.81 bits per heavy atom. The van der Waals surface area contributed by atoms with Crippen molar-refractivity contribution in [1.29, 1.82) is 0 Å². The van der Waals surface area contributed by atoms with Gasteiger partial charge in [-0.15, -0.1) is 21.5 Å². The molecular formula is C15H9ClN2O2S. The fraction of sp³-hybridized carbons (Fsp3) is 0.0667. The van der Waals surface area contributed by atoms with Crippen LogP contribution in [0.25, 0.3) is 32.5 Å². The molecule has 104 valence electrons. The van der Waals surface area contributed by atoms with Crippen LogP contribution in [0.2, 0.25) is 5.02 Å². The van der Waals surface area contributed by atoms with Crippen LogP contribution in [-0.2, 0) is 0 Å². The van der Waals surface area contributed by atoms with Crippen LogP contribution < -0.4 is 0 Å². The fourth-order valence-electron chi connectivity index (χ4n) is 2.12. The van der Waals surface area contributed by atoms with Crippen LogP contribution in [0.15, 0.2) is 45.2 Å². The van der Waals surface area contributed by atoms with Crippen molar-refractivity contribution < 1.29 is 8.83 Å². The van der Waals surface area contributed by atoms with Crippen molar-refractivity contribution >= 4 is 33.0 Å². The average molecular weight is 317 g/mol. The van der Waals surface area contributed by atoms with E-state index in [-0.39, 0.29) is 0 Å². The Bertz CT molecular complexity index is 938. The lowest BCUT2D eigenvalue weighted by atomic mass is 10.2. The Balaban J connectivity index is 1.82. The zero-order valence-electron chi connectivity index (χ0n) is 11.0. The van der Waals surface area contributed by atoms with Gasteiger partial charge in [0.05, 0.1) is 5.02 Å². The van der Waals surface area contributed by atoms with Gasteiger partial charge in [0.25, 0.3) is 11.8 Å². The maximum Gasteiger partial charge on any atom is 0.283 e. The Hall–Kier alpha value is -2.11. The molecule has 3 heterocycles. The third kappa shape index (κ3) is 2.05. The quantitative estimate of drug-likeness (QED) is 0.511. The normalized spacial score (nSPS) is 11.3. The van der Waals surface area contributed by atoms with Crippen molar-refractivity contribution in [1.82, 2.24) is 10.2 Å². The lowest BCUT2D eigenvalue weighted by molar-refractivity contribution is 0.506. The highest BCUT2D eigenvalue weighted by atomic mass is 35.5. The van der Waals surface area contributed by atoms with Crippen LogP contribution in [0.5, 0.6) is 0 Å². The predicted octanol–water partition coefficient (Wildman–Crippen LogP) is 5.17. The van der Waals surface area contributed by atoms with Crippen LogP contribution in [0.4, 0.5) is 0 Å². The summed E-state index contributed by atoms with van der Waals surface area (Å²) in [5.74, 6) is 2.12. The van der Waals surface area contributed by atoms with Gasteiger partial charge < -0.3 is 8.83 Å². The van der Waals surface area contributed by atoms with Crippen molar-refractivity contribution in [2.45, 2.75) is 6.92 Å². The molecule has 0 aliphatic rings. The van der Waals surface area contributed by atoms with Crippen molar-refractivity contribution in [3.63, 3.8) is 0 Å². The topological polar surface area (TPSA) is 52.1 Å². The van der Waals surface area contributed by atoms with E-state index in [4.69, 9.17) is 20.4 Å². The fourth-order valence-corrected chi connectivity index (χ4v) is 3.55. The van der Waals surface area contributed by atoms with Gasteiger partial charge in [-0.1, -0.05) is 29.8 Å². The number of nitrogens with zero attached hydrogens (tertiary/aromatic N) is 2. The maximum absolute atomic E-state index is 6.41. The molecule has 0 unspecified atom stereocenters. The first kappa shape index (κ1) is 12.6. The van der Waals surface area contributed by atoms with Crippen LogP contribution in [0.3, 0.4) is 0 Å². The summed E-state index contributed by atoms with van der Waals surface area (Å²) >= 11 is 7.94. The van der Waals surface area contributed by atoms with Gasteiger partial charge in [-0.25, -0.2) is 0 Å². The summed E-state index contributed by atoms with van der Waals surface area (Å²) in [6, 6.07) is 11.6. The van der Waals surface area contributed by atoms with E-state index in [1.54, 1.807) is 6.07 Å². The molecule has 3 aromatic heterocycles. The number of hydrogen-bond donors (Lipinski definition) is 0. The minimum atomic E-state index is 0.353. The minimum absolute atomic E-state index is 0.353. The summed E-state index contributed by atoms with van der Waals surface area (Å²) in [5.41, 5.74) is 0. The molecule has 0 saturated heterocycles. The van der Waals surface area contributed by atoms with Gasteiger partial charge >= 0.3 is 0 Å². The molecule has 0 radical (unpaired) electrons. The Kier molecular flexibility index (Phi) is 2.83. The SMILES string of the molecule is Cc1ccc(-c2nnc(-c3sc4ccccc4c3Cl)o2)o1. The van der Waals surface area contributed by atoms with Gasteiger partial charge in [0.2, 0.25) is 0 Å². The maximum atomic E-state index is 6.41. The van der Waals surface area contributed by atoms with Gasteiger partial charge in [-0.2, -0.15) is 0 Å². The highest BCUT2D eigenvalue weighted by Crippen LogP contribution is 2.41. The smallest absolute Gasteiger partial charge is 0.283 e. The third-order valence-corrected chi connectivity index (χ3v) is 4.77. The Labute approximate surface area is 129 Å². The summed E-state index contributed by atoms with van der Waals surface area (Å²) in [6.45, 7) is 1.86. The molecule has 4 aromatic rings. The number of benzene rings is 1. The lowest BCUT2D eigenvalue weighted by Crippen LogP contribution is -1.73. The van der Waals surface area contributed by atoms with Crippen LogP contribution in [0, 0.1) is 6.92 Å². The van der Waals surface area contributed by atoms with Crippen LogP contribution in [0.1, 0.15) is 5.76 Å². The number of aromatic nitrogens is 2. The molecule has 6 heteroatoms. The molecule has 0 saturated carbocycles. The minimum Gasteiger partial charge on any atom is -0.456 e. The van der Waals surface area contributed by atoms with E-state index in [9.17, 15) is 0 Å². The molecule has 0 bridgehead atoms. The molecule has 4 rings (SSSR count). The summed E-state index contributed by atoms with van der Waals surface area (Å²) in [7, 11) is 0. The second-order valence-corrected chi connectivity index (χ2v) is 5.99. The number of rotatable bonds is 2. The molecule has 1 aromatic carbocycles. The molecule has 4 nitrogen and oxygen atoms in total. The predicted molar refractivity (Wildman–Crippen MR) is 82.6 cm³/mol. The first-order valence-corrected chi connectivity index (χ1v) is 7.49. The molecule has 0 amide bonds. The third-order valence-electron chi connectivity index (χ3n) is 3.11. The number of hydrogen-bond acceptors (Lipinski definition) is 5. The van der Waals surface area contributed by atoms with E-state index in [2.05, 4.69) is 10.2 Å². The molecule has 0 spiro atoms. The van der Waals surface area contributed by atoms with Gasteiger partial charge in [-0.05, 0) is 25.1 Å². The van der Waals surface area contributed by atoms with Crippen molar-refractivity contribution in [2.24, 2.45) is 0 Å². The zero-order valence-corrected chi connectivity index (χ0v) is 12.5. The number of aryl methyl sites for hydroxylation is 1. The average Bonchev–Trinajstić information content (AvgIpc) is 3.18. The van der Waals surface area contributed by atoms with Crippen LogP contribution >= 0.6 is 22.9 Å². The van der Waals surface area contributed by atoms with E-state index in [0.29, 0.717) is 22.6 Å². The highest BCUT2D eigenvalue weighted by Gasteiger charge is 2.19. The molecule has 0 fully saturated rings. The van der Waals surface area contributed by atoms with E-state index in [0.717, 1.165) is 20.7 Å². The van der Waals surface area contributed by atoms with Crippen LogP contribution in [-0.4, -0.2) is 10.2 Å². The van der Waals surface area contributed by atoms with Gasteiger partial charge in [0.15, 0.2) is 5.76 Å². The van der Waals surface area contributed by atoms with E-state index < -0.39 is 0 Å². The molecular weight excluding hydrogens is 308 g/mol. The van der Waals surface area contributed by atoms with Gasteiger partial charge in [-0.3, -0.25) is 0 Å². The lowest BCUT2D eigenvalue weighted by Gasteiger charge is -1.90. The number of thiophene rings is 1. The summed E-state index contributed by atoms with van der Waals surface area (Å²) < 4.78 is 12.3. The largest absolute Gasteiger partial charge is 0.456 e. The van der Waals surface area contributed by atoms with E-state index in [1.807, 2.05) is 37.3 Å². The number of halogens is 1. The van der Waals surface area contributed by atoms with Crippen molar-refractivity contribution in [3.05, 3.63) is 47.2 Å². The van der Waals surface area contributed by atoms with Gasteiger partial charge in [0.1, 0.15) is 10.6 Å². The Morgan fingerprint density at radius 3 is 2.57 bits per heavy atom. The second-order valence-electron chi connectivity index (χ2n) is 4.56. The second kappa shape index (κ2) is 4.72. The standard InChI is InChI=1S/C15H9ClN2O2S/c1-8-6-7-10(19-8)14-17-18-15(20-14)13-12(16)9-4-2-3-5-11(9)21-13/h2-7H,1H3. The summed E-state index contributed by atoms with van der Waals surface area (Å²) in [4.78, 5) is 0.778. The zero-order chi connectivity index (χ0) is 14.4. The highest BCUT2D eigenvalue weighted by molar-refractivity contribution is 7.23. The number of fused-ring (bicyclic) bond motifs is 1. The molecule has 0 aliphatic carbocycles. The first-order valence-electron chi connectivity index (χ1n) is 6.30. The summed E-state index contributed by atoms with van der Waals surface area (Å²) in [5, 5.41) is 9.74. The molecule has 21 heavy (non-hydrogen) atoms. The van der Waals surface area contributed by atoms with Crippen molar-refractivity contribution in [2.75, 3.05) is 0 Å². The van der Waals surface area contributed by atoms with E-state index in [1.165, 1.54) is 11.3 Å². The Morgan fingerprint density at radius 1 is 1.00 bits per heavy atom. The first-order chi connectivity index (χ1) is 10.2. The summed E-state index contributed by atoms with van der Waals surface area (Å²) in [6.07, 6.45) is 0. The van der Waals surface area contributed by atoms with Gasteiger partial charge in [0, 0.05) is 10.1 Å². The monoisotopic (exact) mass is 316 g/mol. The van der Waals surface area contributed by atoms with E-state index >= 15 is 0 Å². The number of furan rings is 1. The molecule has 0 aliphatic heterocycles. The molecule has 0 N–H and O–H groups in total.